The molecule has 0 aromatic rings. The van der Waals surface area contributed by atoms with E-state index < -0.39 is 6.04 Å². The number of hydrogen-bond acceptors (Lipinski definition) is 3. The Kier molecular flexibility index (Phi) is 5.66. The Morgan fingerprint density at radius 2 is 2.25 bits per heavy atom. The molecule has 0 saturated heterocycles. The smallest absolute Gasteiger partial charge is 0.236 e. The van der Waals surface area contributed by atoms with E-state index in [4.69, 9.17) is 10.8 Å². The van der Waals surface area contributed by atoms with E-state index in [0.29, 0.717) is 19.4 Å². The molecule has 0 aliphatic carbocycles. The van der Waals surface area contributed by atoms with Crippen LogP contribution in [-0.4, -0.2) is 29.7 Å². The summed E-state index contributed by atoms with van der Waals surface area (Å²) in [4.78, 5) is 11.0. The normalized spacial score (nSPS) is 15.3. The van der Waals surface area contributed by atoms with E-state index in [1.165, 1.54) is 0 Å². The molecule has 0 fully saturated rings. The number of amides is 1. The highest BCUT2D eigenvalue weighted by atomic mass is 16.3. The first-order chi connectivity index (χ1) is 5.57. The van der Waals surface area contributed by atoms with Crippen molar-refractivity contribution in [1.29, 1.82) is 0 Å². The fraction of sp³-hybridized carbons (Fsp3) is 0.875. The predicted molar refractivity (Wildman–Crippen MR) is 47.6 cm³/mol. The van der Waals surface area contributed by atoms with Crippen molar-refractivity contribution in [1.82, 2.24) is 5.32 Å². The average Bonchev–Trinajstić information content (AvgIpc) is 2.02. The second-order valence-electron chi connectivity index (χ2n) is 2.94. The quantitative estimate of drug-likeness (QED) is 0.531. The summed E-state index contributed by atoms with van der Waals surface area (Å²) in [7, 11) is 0. The Bertz CT molecular complexity index is 137. The molecule has 1 amide bonds. The van der Waals surface area contributed by atoms with Gasteiger partial charge in [-0.15, -0.1) is 0 Å². The molecule has 4 N–H and O–H groups in total. The summed E-state index contributed by atoms with van der Waals surface area (Å²) in [6.45, 7) is 4.04. The third-order valence-electron chi connectivity index (χ3n) is 1.64. The van der Waals surface area contributed by atoms with E-state index in [0.717, 1.165) is 0 Å². The maximum atomic E-state index is 11.0. The summed E-state index contributed by atoms with van der Waals surface area (Å²) in [5.41, 5.74) is 5.46. The van der Waals surface area contributed by atoms with Crippen LogP contribution in [0, 0.1) is 0 Å². The Morgan fingerprint density at radius 1 is 1.67 bits per heavy atom. The fourth-order valence-corrected chi connectivity index (χ4v) is 0.721. The molecule has 2 atom stereocenters. The molecule has 4 heteroatoms. The zero-order chi connectivity index (χ0) is 9.56. The number of nitrogens with two attached hydrogens (primary N) is 1. The van der Waals surface area contributed by atoms with Gasteiger partial charge in [0.05, 0.1) is 12.1 Å². The molecule has 0 bridgehead atoms. The largest absolute Gasteiger partial charge is 0.393 e. The summed E-state index contributed by atoms with van der Waals surface area (Å²) < 4.78 is 0. The maximum Gasteiger partial charge on any atom is 0.236 e. The molecule has 4 nitrogen and oxygen atoms in total. The second kappa shape index (κ2) is 5.97. The first-order valence-electron chi connectivity index (χ1n) is 4.29. The lowest BCUT2D eigenvalue weighted by Gasteiger charge is -2.10. The van der Waals surface area contributed by atoms with Crippen molar-refractivity contribution in [3.63, 3.8) is 0 Å². The minimum atomic E-state index is -0.418. The van der Waals surface area contributed by atoms with Crippen LogP contribution in [-0.2, 0) is 4.79 Å². The summed E-state index contributed by atoms with van der Waals surface area (Å²) in [5.74, 6) is -0.141. The van der Waals surface area contributed by atoms with Gasteiger partial charge in [0.1, 0.15) is 0 Å². The average molecular weight is 174 g/mol. The van der Waals surface area contributed by atoms with E-state index >= 15 is 0 Å². The van der Waals surface area contributed by atoms with Crippen molar-refractivity contribution in [3.8, 4) is 0 Å². The lowest BCUT2D eigenvalue weighted by atomic mass is 10.2. The van der Waals surface area contributed by atoms with Gasteiger partial charge in [0, 0.05) is 6.54 Å². The molecule has 0 saturated carbocycles. The van der Waals surface area contributed by atoms with Crippen LogP contribution in [0.5, 0.6) is 0 Å². The lowest BCUT2D eigenvalue weighted by Crippen LogP contribution is -2.40. The van der Waals surface area contributed by atoms with Gasteiger partial charge in [0.2, 0.25) is 5.91 Å². The molecule has 0 radical (unpaired) electrons. The minimum Gasteiger partial charge on any atom is -0.393 e. The highest BCUT2D eigenvalue weighted by molar-refractivity contribution is 5.81. The van der Waals surface area contributed by atoms with Gasteiger partial charge in [0.25, 0.3) is 0 Å². The van der Waals surface area contributed by atoms with Crippen molar-refractivity contribution in [2.45, 2.75) is 38.8 Å². The number of aliphatic hydroxyl groups excluding tert-OH is 1. The number of carbonyl (C=O) groups excluding carboxylic acids is 1. The van der Waals surface area contributed by atoms with Crippen LogP contribution < -0.4 is 11.1 Å². The maximum absolute atomic E-state index is 11.0. The molecule has 0 aliphatic heterocycles. The van der Waals surface area contributed by atoms with Crippen molar-refractivity contribution in [2.24, 2.45) is 5.73 Å². The molecule has 12 heavy (non-hydrogen) atoms. The molecule has 1 unspecified atom stereocenters. The van der Waals surface area contributed by atoms with Gasteiger partial charge in [-0.25, -0.2) is 0 Å². The standard InChI is InChI=1S/C8H18N2O2/c1-3-7(9)8(12)10-5-4-6(2)11/h6-7,11H,3-5,9H2,1-2H3,(H,10,12)/t6?,7-/m0/s1. The number of hydrogen-bond donors (Lipinski definition) is 3. The van der Waals surface area contributed by atoms with Crippen LogP contribution in [0.3, 0.4) is 0 Å². The second-order valence-corrected chi connectivity index (χ2v) is 2.94. The van der Waals surface area contributed by atoms with E-state index in [9.17, 15) is 4.79 Å². The number of nitrogens with one attached hydrogen (secondary N) is 1. The highest BCUT2D eigenvalue weighted by Crippen LogP contribution is 1.88. The Balaban J connectivity index is 3.44. The van der Waals surface area contributed by atoms with Crippen molar-refractivity contribution in [3.05, 3.63) is 0 Å². The van der Waals surface area contributed by atoms with Crippen LogP contribution in [0.1, 0.15) is 26.7 Å². The Morgan fingerprint density at radius 3 is 2.67 bits per heavy atom. The van der Waals surface area contributed by atoms with Crippen molar-refractivity contribution < 1.29 is 9.90 Å². The fourth-order valence-electron chi connectivity index (χ4n) is 0.721. The zero-order valence-corrected chi connectivity index (χ0v) is 7.71. The third-order valence-corrected chi connectivity index (χ3v) is 1.64. The number of carbonyl (C=O) groups is 1. The van der Waals surface area contributed by atoms with Gasteiger partial charge in [-0.2, -0.15) is 0 Å². The van der Waals surface area contributed by atoms with E-state index in [2.05, 4.69) is 5.32 Å². The van der Waals surface area contributed by atoms with Gasteiger partial charge in [-0.3, -0.25) is 4.79 Å². The first-order valence-corrected chi connectivity index (χ1v) is 4.29. The molecule has 0 aromatic heterocycles. The van der Waals surface area contributed by atoms with Crippen molar-refractivity contribution in [2.75, 3.05) is 6.54 Å². The summed E-state index contributed by atoms with van der Waals surface area (Å²) in [5, 5.41) is 11.5. The van der Waals surface area contributed by atoms with Gasteiger partial charge < -0.3 is 16.2 Å². The van der Waals surface area contributed by atoms with Crippen LogP contribution in [0.2, 0.25) is 0 Å². The molecular weight excluding hydrogens is 156 g/mol. The van der Waals surface area contributed by atoms with Gasteiger partial charge in [0.15, 0.2) is 0 Å². The van der Waals surface area contributed by atoms with E-state index in [1.54, 1.807) is 6.92 Å². The first kappa shape index (κ1) is 11.4. The summed E-state index contributed by atoms with van der Waals surface area (Å²) in [6.07, 6.45) is 0.839. The minimum absolute atomic E-state index is 0.141. The van der Waals surface area contributed by atoms with Crippen LogP contribution >= 0.6 is 0 Å². The topological polar surface area (TPSA) is 75.4 Å². The van der Waals surface area contributed by atoms with Crippen LogP contribution in [0.4, 0.5) is 0 Å². The number of rotatable bonds is 5. The lowest BCUT2D eigenvalue weighted by molar-refractivity contribution is -0.122. The molecular formula is C8H18N2O2. The highest BCUT2D eigenvalue weighted by Gasteiger charge is 2.09. The Hall–Kier alpha value is -0.610. The third kappa shape index (κ3) is 5.09. The van der Waals surface area contributed by atoms with E-state index in [-0.39, 0.29) is 12.0 Å². The Labute approximate surface area is 73.1 Å². The molecule has 0 rings (SSSR count). The molecule has 0 heterocycles. The monoisotopic (exact) mass is 174 g/mol. The van der Waals surface area contributed by atoms with Crippen molar-refractivity contribution >= 4 is 5.91 Å². The SMILES string of the molecule is CC[C@H](N)C(=O)NCCC(C)O. The summed E-state index contributed by atoms with van der Waals surface area (Å²) in [6, 6.07) is -0.418. The molecule has 72 valence electrons. The molecule has 0 aromatic carbocycles. The summed E-state index contributed by atoms with van der Waals surface area (Å²) >= 11 is 0. The van der Waals surface area contributed by atoms with E-state index in [1.807, 2.05) is 6.92 Å². The predicted octanol–water partition coefficient (Wildman–Crippen LogP) is -0.389. The van der Waals surface area contributed by atoms with Crippen LogP contribution in [0.25, 0.3) is 0 Å². The zero-order valence-electron chi connectivity index (χ0n) is 7.71. The van der Waals surface area contributed by atoms with Crippen LogP contribution in [0.15, 0.2) is 0 Å². The van der Waals surface area contributed by atoms with Gasteiger partial charge >= 0.3 is 0 Å². The molecule has 0 aliphatic rings. The van der Waals surface area contributed by atoms with Gasteiger partial charge in [-0.05, 0) is 19.8 Å². The molecule has 0 spiro atoms. The number of aliphatic hydroxyl groups is 1. The van der Waals surface area contributed by atoms with Gasteiger partial charge in [-0.1, -0.05) is 6.92 Å².